The van der Waals surface area contributed by atoms with Crippen molar-refractivity contribution in [2.24, 2.45) is 5.92 Å². The highest BCUT2D eigenvalue weighted by molar-refractivity contribution is 7.13. The van der Waals surface area contributed by atoms with Crippen LogP contribution in [-0.4, -0.2) is 10.2 Å². The van der Waals surface area contributed by atoms with E-state index in [-0.39, 0.29) is 17.5 Å². The lowest BCUT2D eigenvalue weighted by molar-refractivity contribution is 0.335. The lowest BCUT2D eigenvalue weighted by Crippen LogP contribution is -2.28. The molecule has 1 N–H and O–H groups in total. The van der Waals surface area contributed by atoms with E-state index in [2.05, 4.69) is 81.3 Å². The fraction of sp³-hybridized carbons (Fsp3) is 0.455. The van der Waals surface area contributed by atoms with E-state index >= 15 is 0 Å². The maximum atomic E-state index is 5.90. The summed E-state index contributed by atoms with van der Waals surface area (Å²) in [5.41, 5.74) is 2.79. The van der Waals surface area contributed by atoms with E-state index in [9.17, 15) is 0 Å². The number of benzene rings is 1. The van der Waals surface area contributed by atoms with Gasteiger partial charge in [0.2, 0.25) is 5.89 Å². The first-order chi connectivity index (χ1) is 12.8. The van der Waals surface area contributed by atoms with Crippen LogP contribution in [-0.2, 0) is 5.41 Å². The van der Waals surface area contributed by atoms with Crippen LogP contribution in [0.2, 0.25) is 0 Å². The van der Waals surface area contributed by atoms with E-state index in [0.29, 0.717) is 17.7 Å². The zero-order valence-corrected chi connectivity index (χ0v) is 17.8. The third-order valence-electron chi connectivity index (χ3n) is 4.78. The second-order valence-corrected chi connectivity index (χ2v) is 9.35. The van der Waals surface area contributed by atoms with Gasteiger partial charge in [0, 0.05) is 6.04 Å². The molecule has 0 radical (unpaired) electrons. The van der Waals surface area contributed by atoms with Gasteiger partial charge in [0.05, 0.1) is 10.9 Å². The van der Waals surface area contributed by atoms with Gasteiger partial charge in [0.25, 0.3) is 5.89 Å². The molecular formula is C22H29N3OS. The van der Waals surface area contributed by atoms with Crippen LogP contribution in [0.1, 0.15) is 70.6 Å². The summed E-state index contributed by atoms with van der Waals surface area (Å²) in [6.45, 7) is 13.2. The summed E-state index contributed by atoms with van der Waals surface area (Å²) in [6.07, 6.45) is 0. The summed E-state index contributed by atoms with van der Waals surface area (Å²) in [7, 11) is 0. The van der Waals surface area contributed by atoms with E-state index < -0.39 is 0 Å². The topological polar surface area (TPSA) is 51.0 Å². The van der Waals surface area contributed by atoms with Gasteiger partial charge >= 0.3 is 0 Å². The van der Waals surface area contributed by atoms with E-state index in [0.717, 1.165) is 4.88 Å². The van der Waals surface area contributed by atoms with Crippen molar-refractivity contribution >= 4 is 11.3 Å². The maximum Gasteiger partial charge on any atom is 0.257 e. The molecule has 0 bridgehead atoms. The number of hydrogen-bond donors (Lipinski definition) is 1. The van der Waals surface area contributed by atoms with Crippen LogP contribution < -0.4 is 5.32 Å². The molecule has 4 nitrogen and oxygen atoms in total. The average Bonchev–Trinajstić information content (AvgIpc) is 3.29. The summed E-state index contributed by atoms with van der Waals surface area (Å²) in [5.74, 6) is 1.65. The minimum absolute atomic E-state index is 0.0269. The quantitative estimate of drug-likeness (QED) is 0.555. The van der Waals surface area contributed by atoms with Crippen LogP contribution in [0.5, 0.6) is 0 Å². The number of thiophene rings is 1. The number of nitrogens with one attached hydrogen (secondary N) is 1. The lowest BCUT2D eigenvalue weighted by Gasteiger charge is -2.27. The van der Waals surface area contributed by atoms with Crippen LogP contribution >= 0.6 is 11.3 Å². The molecule has 0 saturated heterocycles. The SMILES string of the molecule is CC(C)[C@H](N[C@H](C)c1nnc(-c2cccs2)o1)c1ccc(C(C)(C)C)cc1. The molecule has 0 aliphatic rings. The van der Waals surface area contributed by atoms with E-state index in [1.165, 1.54) is 11.1 Å². The molecule has 0 aliphatic carbocycles. The van der Waals surface area contributed by atoms with Crippen molar-refractivity contribution in [3.63, 3.8) is 0 Å². The van der Waals surface area contributed by atoms with Gasteiger partial charge in [-0.1, -0.05) is 65.0 Å². The molecule has 0 aliphatic heterocycles. The Labute approximate surface area is 166 Å². The van der Waals surface area contributed by atoms with Gasteiger partial charge in [-0.2, -0.15) is 0 Å². The van der Waals surface area contributed by atoms with E-state index in [1.807, 2.05) is 17.5 Å². The number of hydrogen-bond acceptors (Lipinski definition) is 5. The number of aromatic nitrogens is 2. The summed E-state index contributed by atoms with van der Waals surface area (Å²) in [5, 5.41) is 14.1. The highest BCUT2D eigenvalue weighted by Gasteiger charge is 2.23. The highest BCUT2D eigenvalue weighted by atomic mass is 32.1. The molecule has 0 fully saturated rings. The zero-order valence-electron chi connectivity index (χ0n) is 17.0. The van der Waals surface area contributed by atoms with E-state index in [1.54, 1.807) is 11.3 Å². The van der Waals surface area contributed by atoms with E-state index in [4.69, 9.17) is 4.42 Å². The number of nitrogens with zero attached hydrogens (tertiary/aromatic N) is 2. The maximum absolute atomic E-state index is 5.90. The molecule has 3 rings (SSSR count). The summed E-state index contributed by atoms with van der Waals surface area (Å²) >= 11 is 1.60. The van der Waals surface area contributed by atoms with Crippen LogP contribution in [0.25, 0.3) is 10.8 Å². The molecule has 27 heavy (non-hydrogen) atoms. The van der Waals surface area contributed by atoms with Gasteiger partial charge < -0.3 is 4.42 Å². The lowest BCUT2D eigenvalue weighted by atomic mass is 9.85. The average molecular weight is 384 g/mol. The van der Waals surface area contributed by atoms with Crippen molar-refractivity contribution in [3.05, 3.63) is 58.8 Å². The van der Waals surface area contributed by atoms with Gasteiger partial charge in [0.15, 0.2) is 0 Å². The molecule has 0 unspecified atom stereocenters. The molecule has 2 heterocycles. The molecule has 3 aromatic rings. The Morgan fingerprint density at radius 2 is 1.70 bits per heavy atom. The normalized spacial score (nSPS) is 14.5. The molecule has 1 aromatic carbocycles. The first-order valence-electron chi connectivity index (χ1n) is 9.49. The summed E-state index contributed by atoms with van der Waals surface area (Å²) in [6, 6.07) is 13.1. The van der Waals surface area contributed by atoms with Crippen LogP contribution in [0.15, 0.2) is 46.2 Å². The largest absolute Gasteiger partial charge is 0.418 e. The van der Waals surface area contributed by atoms with Gasteiger partial charge in [-0.15, -0.1) is 21.5 Å². The fourth-order valence-electron chi connectivity index (χ4n) is 3.11. The molecule has 2 aromatic heterocycles. The number of rotatable bonds is 6. The molecule has 0 saturated carbocycles. The Bertz CT molecular complexity index is 845. The highest BCUT2D eigenvalue weighted by Crippen LogP contribution is 2.30. The van der Waals surface area contributed by atoms with Crippen LogP contribution in [0.3, 0.4) is 0 Å². The zero-order chi connectivity index (χ0) is 19.6. The minimum atomic E-state index is -0.0269. The van der Waals surface area contributed by atoms with Gasteiger partial charge in [-0.05, 0) is 40.8 Å². The standard InChI is InChI=1S/C22H29N3OS/c1-14(2)19(16-9-11-17(12-10-16)22(4,5)6)23-15(3)20-24-25-21(26-20)18-8-7-13-27-18/h7-15,19,23H,1-6H3/t15-,19+/m1/s1. The third-order valence-corrected chi connectivity index (χ3v) is 5.63. The van der Waals surface area contributed by atoms with Gasteiger partial charge in [-0.3, -0.25) is 5.32 Å². The van der Waals surface area contributed by atoms with Crippen molar-refractivity contribution in [2.45, 2.75) is 59.0 Å². The van der Waals surface area contributed by atoms with Crippen molar-refractivity contribution in [1.29, 1.82) is 0 Å². The van der Waals surface area contributed by atoms with Crippen LogP contribution in [0, 0.1) is 5.92 Å². The Morgan fingerprint density at radius 3 is 2.26 bits per heavy atom. The predicted octanol–water partition coefficient (Wildman–Crippen LogP) is 6.14. The molecular weight excluding hydrogens is 354 g/mol. The van der Waals surface area contributed by atoms with Crippen molar-refractivity contribution < 1.29 is 4.42 Å². The monoisotopic (exact) mass is 383 g/mol. The Morgan fingerprint density at radius 1 is 1.00 bits per heavy atom. The first kappa shape index (κ1) is 19.8. The third kappa shape index (κ3) is 4.66. The van der Waals surface area contributed by atoms with Crippen molar-refractivity contribution in [3.8, 4) is 10.8 Å². The Hall–Kier alpha value is -1.98. The first-order valence-corrected chi connectivity index (χ1v) is 10.4. The second kappa shape index (κ2) is 7.95. The predicted molar refractivity (Wildman–Crippen MR) is 112 cm³/mol. The fourth-order valence-corrected chi connectivity index (χ4v) is 3.76. The molecule has 0 spiro atoms. The van der Waals surface area contributed by atoms with Gasteiger partial charge in [0.1, 0.15) is 0 Å². The molecule has 144 valence electrons. The second-order valence-electron chi connectivity index (χ2n) is 8.40. The molecule has 5 heteroatoms. The van der Waals surface area contributed by atoms with Crippen LogP contribution in [0.4, 0.5) is 0 Å². The van der Waals surface area contributed by atoms with Gasteiger partial charge in [-0.25, -0.2) is 0 Å². The molecule has 2 atom stereocenters. The minimum Gasteiger partial charge on any atom is -0.418 e. The Kier molecular flexibility index (Phi) is 5.82. The van der Waals surface area contributed by atoms with Crippen molar-refractivity contribution in [2.75, 3.05) is 0 Å². The summed E-state index contributed by atoms with van der Waals surface area (Å²) in [4.78, 5) is 0.999. The summed E-state index contributed by atoms with van der Waals surface area (Å²) < 4.78 is 5.90. The Balaban J connectivity index is 1.76. The molecule has 0 amide bonds. The van der Waals surface area contributed by atoms with Crippen molar-refractivity contribution in [1.82, 2.24) is 15.5 Å². The smallest absolute Gasteiger partial charge is 0.257 e.